The zero-order chi connectivity index (χ0) is 14.0. The molecular formula is C14H14BrN3O. The van der Waals surface area contributed by atoms with E-state index in [1.807, 2.05) is 32.0 Å². The summed E-state index contributed by atoms with van der Waals surface area (Å²) in [7, 11) is 0. The number of pyridine rings is 1. The van der Waals surface area contributed by atoms with E-state index < -0.39 is 0 Å². The summed E-state index contributed by atoms with van der Waals surface area (Å²) in [5.74, 6) is -0.0457. The maximum atomic E-state index is 12.2. The molecule has 0 spiro atoms. The first kappa shape index (κ1) is 13.5. The van der Waals surface area contributed by atoms with Gasteiger partial charge in [-0.2, -0.15) is 0 Å². The number of carbonyl (C=O) groups excluding carboxylic acids is 1. The van der Waals surface area contributed by atoms with Gasteiger partial charge in [0.15, 0.2) is 0 Å². The third kappa shape index (κ3) is 2.93. The lowest BCUT2D eigenvalue weighted by Crippen LogP contribution is -2.16. The number of amides is 1. The highest BCUT2D eigenvalue weighted by atomic mass is 79.9. The summed E-state index contributed by atoms with van der Waals surface area (Å²) < 4.78 is 0.716. The third-order valence-electron chi connectivity index (χ3n) is 2.85. The first-order chi connectivity index (χ1) is 8.99. The van der Waals surface area contributed by atoms with Crippen molar-refractivity contribution in [3.05, 3.63) is 51.6 Å². The second-order valence-electron chi connectivity index (χ2n) is 4.31. The molecule has 3 N–H and O–H groups in total. The van der Waals surface area contributed by atoms with E-state index >= 15 is 0 Å². The van der Waals surface area contributed by atoms with Crippen molar-refractivity contribution in [2.45, 2.75) is 13.8 Å². The molecule has 0 aliphatic heterocycles. The third-order valence-corrected chi connectivity index (χ3v) is 3.28. The number of benzene rings is 1. The van der Waals surface area contributed by atoms with Crippen molar-refractivity contribution < 1.29 is 4.79 Å². The van der Waals surface area contributed by atoms with Crippen molar-refractivity contribution in [2.75, 3.05) is 11.1 Å². The van der Waals surface area contributed by atoms with Gasteiger partial charge in [-0.3, -0.25) is 4.79 Å². The lowest BCUT2D eigenvalue weighted by atomic mass is 10.1. The number of hydrogen-bond donors (Lipinski definition) is 2. The lowest BCUT2D eigenvalue weighted by Gasteiger charge is -2.12. The predicted octanol–water partition coefficient (Wildman–Crippen LogP) is 3.30. The molecule has 0 saturated heterocycles. The van der Waals surface area contributed by atoms with Crippen LogP contribution < -0.4 is 11.1 Å². The van der Waals surface area contributed by atoms with E-state index in [-0.39, 0.29) is 11.7 Å². The monoisotopic (exact) mass is 319 g/mol. The molecule has 1 amide bonds. The molecule has 2 rings (SSSR count). The standard InChI is InChI=1S/C14H14BrN3O/c1-8-4-3-5-9(2)12(8)18-14(19)11-6-10(15)7-17-13(11)16/h3-7H,1-2H3,(H2,16,17)(H,18,19). The van der Waals surface area contributed by atoms with Crippen molar-refractivity contribution in [3.8, 4) is 0 Å². The van der Waals surface area contributed by atoms with Gasteiger partial charge in [-0.1, -0.05) is 18.2 Å². The van der Waals surface area contributed by atoms with Gasteiger partial charge in [0.05, 0.1) is 5.56 Å². The topological polar surface area (TPSA) is 68.0 Å². The van der Waals surface area contributed by atoms with Gasteiger partial charge in [0.2, 0.25) is 0 Å². The molecule has 0 unspecified atom stereocenters. The number of hydrogen-bond acceptors (Lipinski definition) is 3. The van der Waals surface area contributed by atoms with Crippen LogP contribution in [0.25, 0.3) is 0 Å². The van der Waals surface area contributed by atoms with Gasteiger partial charge in [0.1, 0.15) is 5.82 Å². The fraction of sp³-hybridized carbons (Fsp3) is 0.143. The molecule has 1 heterocycles. The highest BCUT2D eigenvalue weighted by Gasteiger charge is 2.13. The molecule has 2 aromatic rings. The maximum absolute atomic E-state index is 12.2. The number of nitrogens with zero attached hydrogens (tertiary/aromatic N) is 1. The predicted molar refractivity (Wildman–Crippen MR) is 80.2 cm³/mol. The smallest absolute Gasteiger partial charge is 0.259 e. The Bertz CT molecular complexity index is 620. The Hall–Kier alpha value is -1.88. The number of carbonyl (C=O) groups is 1. The highest BCUT2D eigenvalue weighted by molar-refractivity contribution is 9.10. The number of aryl methyl sites for hydroxylation is 2. The fourth-order valence-electron chi connectivity index (χ4n) is 1.82. The molecule has 0 aliphatic carbocycles. The number of aromatic nitrogens is 1. The Balaban J connectivity index is 2.34. The van der Waals surface area contributed by atoms with Gasteiger partial charge >= 0.3 is 0 Å². The van der Waals surface area contributed by atoms with Crippen LogP contribution >= 0.6 is 15.9 Å². The molecule has 19 heavy (non-hydrogen) atoms. The summed E-state index contributed by atoms with van der Waals surface area (Å²) in [6.45, 7) is 3.90. The van der Waals surface area contributed by atoms with Crippen LogP contribution in [0, 0.1) is 13.8 Å². The van der Waals surface area contributed by atoms with Crippen LogP contribution in [0.4, 0.5) is 11.5 Å². The summed E-state index contributed by atoms with van der Waals surface area (Å²) in [4.78, 5) is 16.2. The quantitative estimate of drug-likeness (QED) is 0.892. The van der Waals surface area contributed by atoms with Gasteiger partial charge in [-0.15, -0.1) is 0 Å². The van der Waals surface area contributed by atoms with Gasteiger partial charge in [-0.25, -0.2) is 4.98 Å². The number of nitrogens with two attached hydrogens (primary N) is 1. The van der Waals surface area contributed by atoms with Crippen molar-refractivity contribution in [1.29, 1.82) is 0 Å². The zero-order valence-corrected chi connectivity index (χ0v) is 12.3. The molecule has 1 aromatic heterocycles. The molecule has 0 bridgehead atoms. The van der Waals surface area contributed by atoms with Gasteiger partial charge in [0, 0.05) is 16.4 Å². The molecular weight excluding hydrogens is 306 g/mol. The van der Waals surface area contributed by atoms with Crippen LogP contribution in [0.1, 0.15) is 21.5 Å². The molecule has 0 saturated carbocycles. The Morgan fingerprint density at radius 3 is 2.58 bits per heavy atom. The lowest BCUT2D eigenvalue weighted by molar-refractivity contribution is 0.102. The van der Waals surface area contributed by atoms with Crippen molar-refractivity contribution in [3.63, 3.8) is 0 Å². The second kappa shape index (κ2) is 5.40. The molecule has 5 heteroatoms. The highest BCUT2D eigenvalue weighted by Crippen LogP contribution is 2.22. The Labute approximate surface area is 120 Å². The van der Waals surface area contributed by atoms with E-state index in [1.165, 1.54) is 0 Å². The van der Waals surface area contributed by atoms with Crippen LogP contribution in [0.5, 0.6) is 0 Å². The Morgan fingerprint density at radius 1 is 1.32 bits per heavy atom. The van der Waals surface area contributed by atoms with Crippen molar-refractivity contribution >= 4 is 33.3 Å². The summed E-state index contributed by atoms with van der Waals surface area (Å²) in [5, 5.41) is 2.88. The fourth-order valence-corrected chi connectivity index (χ4v) is 2.16. The Kier molecular flexibility index (Phi) is 3.85. The van der Waals surface area contributed by atoms with E-state index in [4.69, 9.17) is 5.73 Å². The van der Waals surface area contributed by atoms with E-state index in [0.717, 1.165) is 16.8 Å². The van der Waals surface area contributed by atoms with Crippen LogP contribution in [-0.2, 0) is 0 Å². The summed E-state index contributed by atoms with van der Waals surface area (Å²) in [5.41, 5.74) is 8.92. The van der Waals surface area contributed by atoms with Crippen LogP contribution in [0.3, 0.4) is 0 Å². The molecule has 0 radical (unpaired) electrons. The van der Waals surface area contributed by atoms with Gasteiger partial charge in [-0.05, 0) is 47.0 Å². The van der Waals surface area contributed by atoms with Crippen molar-refractivity contribution in [1.82, 2.24) is 4.98 Å². The summed E-state index contributed by atoms with van der Waals surface area (Å²) >= 11 is 3.28. The first-order valence-electron chi connectivity index (χ1n) is 5.77. The summed E-state index contributed by atoms with van der Waals surface area (Å²) in [6.07, 6.45) is 1.56. The minimum absolute atomic E-state index is 0.215. The van der Waals surface area contributed by atoms with Gasteiger partial charge in [0.25, 0.3) is 5.91 Å². The average molecular weight is 320 g/mol. The number of halogens is 1. The van der Waals surface area contributed by atoms with E-state index in [9.17, 15) is 4.79 Å². The van der Waals surface area contributed by atoms with E-state index in [2.05, 4.69) is 26.2 Å². The number of nitrogens with one attached hydrogen (secondary N) is 1. The minimum atomic E-state index is -0.260. The molecule has 0 fully saturated rings. The number of para-hydroxylation sites is 1. The number of rotatable bonds is 2. The normalized spacial score (nSPS) is 10.3. The largest absolute Gasteiger partial charge is 0.383 e. The molecule has 0 aliphatic rings. The van der Waals surface area contributed by atoms with Crippen LogP contribution in [-0.4, -0.2) is 10.9 Å². The minimum Gasteiger partial charge on any atom is -0.383 e. The molecule has 0 atom stereocenters. The average Bonchev–Trinajstić information content (AvgIpc) is 2.37. The molecule has 98 valence electrons. The maximum Gasteiger partial charge on any atom is 0.259 e. The SMILES string of the molecule is Cc1cccc(C)c1NC(=O)c1cc(Br)cnc1N. The van der Waals surface area contributed by atoms with E-state index in [0.29, 0.717) is 10.0 Å². The van der Waals surface area contributed by atoms with Crippen LogP contribution in [0.15, 0.2) is 34.9 Å². The number of nitrogen functional groups attached to an aromatic ring is 1. The number of anilines is 2. The molecule has 4 nitrogen and oxygen atoms in total. The molecule has 1 aromatic carbocycles. The zero-order valence-electron chi connectivity index (χ0n) is 10.7. The first-order valence-corrected chi connectivity index (χ1v) is 6.57. The van der Waals surface area contributed by atoms with E-state index in [1.54, 1.807) is 12.3 Å². The summed E-state index contributed by atoms with van der Waals surface area (Å²) in [6, 6.07) is 7.51. The van der Waals surface area contributed by atoms with Crippen molar-refractivity contribution in [2.24, 2.45) is 0 Å². The van der Waals surface area contributed by atoms with Gasteiger partial charge < -0.3 is 11.1 Å². The Morgan fingerprint density at radius 2 is 1.95 bits per heavy atom. The second-order valence-corrected chi connectivity index (χ2v) is 5.22. The van der Waals surface area contributed by atoms with Crippen LogP contribution in [0.2, 0.25) is 0 Å².